The number of carbonyl (C=O) groups excluding carboxylic acids is 1. The summed E-state index contributed by atoms with van der Waals surface area (Å²) < 4.78 is 90.1. The highest BCUT2D eigenvalue weighted by Crippen LogP contribution is 2.43. The fraction of sp³-hybridized carbons (Fsp3) is 0.518. The van der Waals surface area contributed by atoms with Gasteiger partial charge < -0.3 is 56.8 Å². The average Bonchev–Trinajstić information content (AvgIpc) is 1.59. The second-order valence-electron chi connectivity index (χ2n) is 38.2. The monoisotopic (exact) mass is 1690 g/mol. The number of fused-ring (bicyclic) bond motifs is 4. The molecule has 624 valence electrons. The maximum Gasteiger partial charge on any atom is 0.237 e. The Morgan fingerprint density at radius 1 is 0.422 bits per heavy atom. The molecule has 8 heterocycles. The molecule has 31 heteroatoms. The van der Waals surface area contributed by atoms with E-state index in [0.717, 1.165) is 114 Å². The van der Waals surface area contributed by atoms with Gasteiger partial charge in [0.1, 0.15) is 38.3 Å². The zero-order valence-corrected chi connectivity index (χ0v) is 78.2. The van der Waals surface area contributed by atoms with E-state index >= 15 is 13.6 Å². The van der Waals surface area contributed by atoms with Crippen molar-refractivity contribution in [3.05, 3.63) is 142 Å². The van der Waals surface area contributed by atoms with Crippen molar-refractivity contribution < 1.29 is 51.5 Å². The van der Waals surface area contributed by atoms with Gasteiger partial charge in [0.15, 0.2) is 59.8 Å². The molecule has 0 bridgehead atoms. The van der Waals surface area contributed by atoms with E-state index in [9.17, 15) is 0 Å². The number of ketones is 1. The average molecular weight is 1690 g/mol. The fourth-order valence-corrected chi connectivity index (χ4v) is 18.6. The topological polar surface area (TPSA) is 220 Å². The van der Waals surface area contributed by atoms with Crippen molar-refractivity contribution in [1.29, 1.82) is 0 Å². The Hall–Kier alpha value is -7.81. The van der Waals surface area contributed by atoms with Crippen LogP contribution in [0.2, 0.25) is 154 Å². The predicted molar refractivity (Wildman–Crippen MR) is 474 cm³/mol. The van der Waals surface area contributed by atoms with Crippen LogP contribution in [0, 0.1) is 11.6 Å². The minimum Gasteiger partial charge on any atom is -0.464 e. The van der Waals surface area contributed by atoms with Crippen LogP contribution in [0.5, 0.6) is 11.5 Å². The Kier molecular flexibility index (Phi) is 27.8. The first-order chi connectivity index (χ1) is 54.9. The third kappa shape index (κ3) is 22.2. The summed E-state index contributed by atoms with van der Waals surface area (Å²) in [5, 5.41) is 30.3. The maximum atomic E-state index is 16.2. The third-order valence-corrected chi connectivity index (χ3v) is 31.5. The molecular formula is C85H122F2N14O9Si6. The van der Waals surface area contributed by atoms with Crippen molar-refractivity contribution in [2.24, 2.45) is 0 Å². The SMILES string of the molecule is CCc1cc(OCOCC[Si](C)(C)C)c(F)cc1-c1ccc2c(-c3nc4c(n3COCC[Si](C)(C)C)CN(c3ccnnc3C(=O)c3nnccc3N3Cc5nc(-c6nn(COCC[Si](C)(C)C)c7cc(-c8cc(F)c(OCOCC[Si](C)(C)C)cc8CC)ccc67)n(COCC[Si](C)(C)C)c5C3)C4)nn(COCC[Si](C)(C)C)c2c1. The third-order valence-electron chi connectivity index (χ3n) is 21.3. The number of carbonyl (C=O) groups is 1. The Morgan fingerprint density at radius 3 is 1.11 bits per heavy atom. The van der Waals surface area contributed by atoms with Crippen LogP contribution in [0.15, 0.2) is 85.2 Å². The van der Waals surface area contributed by atoms with E-state index in [-0.39, 0.29) is 63.4 Å². The molecule has 2 aliphatic heterocycles. The standard InChI is InChI=1S/C85H122F2N14O9Si6/c1-21-59-45-77(109-57-107-35-41-115(15,16)17)67(86)47-65(59)61-23-25-63-73(43-61)100(55-105-33-39-113(9,10)11)94-79(63)84-90-69-49-96(51-75(69)98(84)53-103-31-37-111(3,4)5)71-27-29-88-92-81(71)83(102)82-72(28-30-89-93-82)97-50-70-76(52-97)99(54-104-32-38-112(6,7)8)85(91-70)80-64-26-24-62(44-74(64)101(95-80)56-106-34-40-114(12,13)14)66-48-68(87)78(46-60(66)22-2)110-58-108-36-42-116(18,19)20/h23-30,43-48H,21-22,31-42,49-58H2,1-20H3. The number of benzene rings is 4. The smallest absolute Gasteiger partial charge is 0.237 e. The Morgan fingerprint density at radius 2 is 0.767 bits per heavy atom. The summed E-state index contributed by atoms with van der Waals surface area (Å²) >= 11 is 0. The molecular weight excluding hydrogens is 1570 g/mol. The Balaban J connectivity index is 0.843. The van der Waals surface area contributed by atoms with Crippen molar-refractivity contribution in [2.75, 3.05) is 63.0 Å². The lowest BCUT2D eigenvalue weighted by Gasteiger charge is -2.23. The molecule has 116 heavy (non-hydrogen) atoms. The first-order valence-corrected chi connectivity index (χ1v) is 63.4. The van der Waals surface area contributed by atoms with Crippen LogP contribution in [0.1, 0.15) is 63.9 Å². The molecule has 6 aromatic heterocycles. The van der Waals surface area contributed by atoms with Gasteiger partial charge in [0, 0.05) is 98.9 Å². The largest absolute Gasteiger partial charge is 0.464 e. The highest BCUT2D eigenvalue weighted by atomic mass is 28.3. The number of imidazole rings is 2. The summed E-state index contributed by atoms with van der Waals surface area (Å²) in [5.41, 5.74) is 12.8. The van der Waals surface area contributed by atoms with Crippen LogP contribution in [-0.4, -0.2) is 167 Å². The summed E-state index contributed by atoms with van der Waals surface area (Å²) in [6.45, 7) is 51.5. The van der Waals surface area contributed by atoms with Gasteiger partial charge in [-0.1, -0.05) is 144 Å². The van der Waals surface area contributed by atoms with Crippen LogP contribution in [-0.2, 0) is 94.4 Å². The zero-order chi connectivity index (χ0) is 83.2. The van der Waals surface area contributed by atoms with Gasteiger partial charge in [-0.05, 0) is 143 Å². The molecule has 23 nitrogen and oxygen atoms in total. The quantitative estimate of drug-likeness (QED) is 0.0150. The van der Waals surface area contributed by atoms with Gasteiger partial charge in [0.05, 0.1) is 83.8 Å². The molecule has 0 N–H and O–H groups in total. The van der Waals surface area contributed by atoms with E-state index in [1.807, 2.05) is 33.6 Å². The van der Waals surface area contributed by atoms with Crippen molar-refractivity contribution in [1.82, 2.24) is 59.1 Å². The Labute approximate surface area is 689 Å². The lowest BCUT2D eigenvalue weighted by atomic mass is 9.96. The normalized spacial score (nSPS) is 13.7. The lowest BCUT2D eigenvalue weighted by Crippen LogP contribution is -2.25. The van der Waals surface area contributed by atoms with Gasteiger partial charge in [-0.2, -0.15) is 20.4 Å². The number of halogens is 2. The van der Waals surface area contributed by atoms with Gasteiger partial charge in [-0.15, -0.1) is 10.2 Å². The molecule has 0 unspecified atom stereocenters. The molecule has 0 amide bonds. The molecule has 0 aliphatic carbocycles. The molecule has 2 aliphatic rings. The highest BCUT2D eigenvalue weighted by Gasteiger charge is 2.37. The van der Waals surface area contributed by atoms with Crippen LogP contribution in [0.3, 0.4) is 0 Å². The van der Waals surface area contributed by atoms with E-state index in [0.29, 0.717) is 113 Å². The van der Waals surface area contributed by atoms with Crippen LogP contribution in [0.25, 0.3) is 67.1 Å². The van der Waals surface area contributed by atoms with Gasteiger partial charge >= 0.3 is 0 Å². The van der Waals surface area contributed by atoms with E-state index in [1.165, 1.54) is 0 Å². The number of aryl methyl sites for hydroxylation is 2. The molecule has 0 saturated heterocycles. The number of rotatable bonds is 42. The number of ether oxygens (including phenoxy) is 8. The van der Waals surface area contributed by atoms with Crippen molar-refractivity contribution in [2.45, 2.75) is 234 Å². The van der Waals surface area contributed by atoms with Crippen LogP contribution >= 0.6 is 0 Å². The number of hydrogen-bond donors (Lipinski definition) is 0. The number of aromatic nitrogens is 12. The lowest BCUT2D eigenvalue weighted by molar-refractivity contribution is 0.0195. The van der Waals surface area contributed by atoms with Crippen LogP contribution < -0.4 is 19.3 Å². The van der Waals surface area contributed by atoms with E-state index in [2.05, 4.69) is 195 Å². The first-order valence-electron chi connectivity index (χ1n) is 41.1. The minimum absolute atomic E-state index is 0.0242. The molecule has 0 saturated carbocycles. The van der Waals surface area contributed by atoms with Crippen LogP contribution in [0.4, 0.5) is 20.2 Å². The van der Waals surface area contributed by atoms with E-state index < -0.39 is 65.9 Å². The van der Waals surface area contributed by atoms with E-state index in [1.54, 1.807) is 36.7 Å². The summed E-state index contributed by atoms with van der Waals surface area (Å²) in [4.78, 5) is 30.7. The summed E-state index contributed by atoms with van der Waals surface area (Å²) in [7, 11) is -8.49. The minimum atomic E-state index is -1.50. The predicted octanol–water partition coefficient (Wildman–Crippen LogP) is 19.3. The van der Waals surface area contributed by atoms with Gasteiger partial charge in [-0.25, -0.2) is 28.1 Å². The maximum absolute atomic E-state index is 16.2. The van der Waals surface area contributed by atoms with Crippen molar-refractivity contribution >= 4 is 87.4 Å². The summed E-state index contributed by atoms with van der Waals surface area (Å²) in [6, 6.07) is 28.6. The molecule has 4 aromatic carbocycles. The zero-order valence-electron chi connectivity index (χ0n) is 72.2. The number of hydrogen-bond acceptors (Lipinski definition) is 19. The first kappa shape index (κ1) is 87.5. The molecule has 0 spiro atoms. The molecule has 10 aromatic rings. The summed E-state index contributed by atoms with van der Waals surface area (Å²) in [5.74, 6) is 0.237. The number of anilines is 2. The van der Waals surface area contributed by atoms with Crippen molar-refractivity contribution in [3.8, 4) is 56.8 Å². The molecule has 12 rings (SSSR count). The second-order valence-corrected chi connectivity index (χ2v) is 71.9. The van der Waals surface area contributed by atoms with Gasteiger partial charge in [-0.3, -0.25) is 4.79 Å². The van der Waals surface area contributed by atoms with Crippen molar-refractivity contribution in [3.63, 3.8) is 0 Å². The molecule has 0 fully saturated rings. The highest BCUT2D eigenvalue weighted by molar-refractivity contribution is 6.78. The summed E-state index contributed by atoms with van der Waals surface area (Å²) in [6.07, 6.45) is 4.49. The Bertz CT molecular complexity index is 4800. The molecule has 0 atom stereocenters. The molecule has 0 radical (unpaired) electrons. The fourth-order valence-electron chi connectivity index (χ4n) is 14.0. The van der Waals surface area contributed by atoms with E-state index in [4.69, 9.17) is 58.1 Å². The van der Waals surface area contributed by atoms with Gasteiger partial charge in [0.25, 0.3) is 0 Å². The van der Waals surface area contributed by atoms with Gasteiger partial charge in [0.2, 0.25) is 5.78 Å². The second kappa shape index (κ2) is 36.8. The number of nitrogens with zero attached hydrogens (tertiary/aromatic N) is 14.